The number of fused-ring (bicyclic) bond motifs is 2. The lowest BCUT2D eigenvalue weighted by Crippen LogP contribution is -2.56. The van der Waals surface area contributed by atoms with Crippen molar-refractivity contribution in [1.82, 2.24) is 0 Å². The second-order valence-electron chi connectivity index (χ2n) is 13.0. The maximum absolute atomic E-state index is 13.4. The highest BCUT2D eigenvalue weighted by Gasteiger charge is 2.82. The number of carbonyl (C=O) groups excluding carboxylic acids is 1. The van der Waals surface area contributed by atoms with Crippen molar-refractivity contribution in [3.63, 3.8) is 0 Å². The van der Waals surface area contributed by atoms with Crippen LogP contribution in [0.1, 0.15) is 105 Å². The van der Waals surface area contributed by atoms with Gasteiger partial charge in [-0.3, -0.25) is 4.79 Å². The van der Waals surface area contributed by atoms with Gasteiger partial charge in [0.05, 0.1) is 6.10 Å². The smallest absolute Gasteiger partial charge is 0.136 e. The highest BCUT2D eigenvalue weighted by Crippen LogP contribution is 2.87. The van der Waals surface area contributed by atoms with Crippen LogP contribution < -0.4 is 0 Å². The van der Waals surface area contributed by atoms with Crippen molar-refractivity contribution in [2.24, 2.45) is 45.3 Å². The maximum Gasteiger partial charge on any atom is 0.136 e. The molecule has 1 N–H and O–H groups in total. The average molecular weight is 413 g/mol. The SMILES string of the molecule is CC(C)=CCC[C@@H](C)[C@H]1CC[C@@]2(C)[C@@H]3CC(=O)[C@H]4C[C@@H](O)CC[C@@]45C[C@@]35CC[C@]12C. The van der Waals surface area contributed by atoms with Crippen LogP contribution in [0.2, 0.25) is 0 Å². The minimum Gasteiger partial charge on any atom is -0.393 e. The molecule has 0 heterocycles. The lowest BCUT2D eigenvalue weighted by atomic mass is 9.43. The molecule has 0 unspecified atom stereocenters. The van der Waals surface area contributed by atoms with Crippen molar-refractivity contribution in [3.8, 4) is 0 Å². The van der Waals surface area contributed by atoms with Gasteiger partial charge in [0.25, 0.3) is 0 Å². The van der Waals surface area contributed by atoms with E-state index in [9.17, 15) is 9.90 Å². The Morgan fingerprint density at radius 1 is 1.10 bits per heavy atom. The fourth-order valence-corrected chi connectivity index (χ4v) is 10.1. The number of carbonyl (C=O) groups is 1. The summed E-state index contributed by atoms with van der Waals surface area (Å²) in [6, 6.07) is 0. The Bertz CT molecular complexity index is 765. The molecule has 30 heavy (non-hydrogen) atoms. The summed E-state index contributed by atoms with van der Waals surface area (Å²) in [6.45, 7) is 12.1. The third-order valence-corrected chi connectivity index (χ3v) is 11.9. The van der Waals surface area contributed by atoms with E-state index < -0.39 is 0 Å². The van der Waals surface area contributed by atoms with Gasteiger partial charge in [0, 0.05) is 12.3 Å². The summed E-state index contributed by atoms with van der Waals surface area (Å²) in [4.78, 5) is 13.4. The molecule has 0 aromatic carbocycles. The lowest BCUT2D eigenvalue weighted by Gasteiger charge is -2.61. The fraction of sp³-hybridized carbons (Fsp3) is 0.893. The Morgan fingerprint density at radius 3 is 2.60 bits per heavy atom. The van der Waals surface area contributed by atoms with Crippen LogP contribution >= 0.6 is 0 Å². The molecule has 5 rings (SSSR count). The van der Waals surface area contributed by atoms with Crippen molar-refractivity contribution >= 4 is 5.78 Å². The summed E-state index contributed by atoms with van der Waals surface area (Å²) in [5, 5.41) is 10.3. The number of rotatable bonds is 4. The van der Waals surface area contributed by atoms with E-state index in [1.165, 1.54) is 50.5 Å². The lowest BCUT2D eigenvalue weighted by molar-refractivity contribution is -0.157. The van der Waals surface area contributed by atoms with Gasteiger partial charge in [-0.25, -0.2) is 0 Å². The molecule has 0 aromatic rings. The topological polar surface area (TPSA) is 37.3 Å². The third kappa shape index (κ3) is 2.55. The van der Waals surface area contributed by atoms with E-state index in [4.69, 9.17) is 0 Å². The van der Waals surface area contributed by atoms with E-state index in [1.54, 1.807) is 0 Å². The number of ketones is 1. The van der Waals surface area contributed by atoms with Gasteiger partial charge in [-0.1, -0.05) is 32.4 Å². The highest BCUT2D eigenvalue weighted by atomic mass is 16.3. The number of aliphatic hydroxyl groups is 1. The van der Waals surface area contributed by atoms with Crippen molar-refractivity contribution < 1.29 is 9.90 Å². The molecule has 2 nitrogen and oxygen atoms in total. The highest BCUT2D eigenvalue weighted by molar-refractivity contribution is 5.85. The molecule has 5 aliphatic rings. The summed E-state index contributed by atoms with van der Waals surface area (Å²) in [5.74, 6) is 2.86. The van der Waals surface area contributed by atoms with Crippen LogP contribution in [0.4, 0.5) is 0 Å². The first-order valence-electron chi connectivity index (χ1n) is 12.9. The summed E-state index contributed by atoms with van der Waals surface area (Å²) < 4.78 is 0. The van der Waals surface area contributed by atoms with Gasteiger partial charge in [0.2, 0.25) is 0 Å². The second kappa shape index (κ2) is 6.69. The van der Waals surface area contributed by atoms with Gasteiger partial charge in [-0.05, 0) is 117 Å². The molecule has 0 aromatic heterocycles. The Morgan fingerprint density at radius 2 is 1.87 bits per heavy atom. The predicted molar refractivity (Wildman–Crippen MR) is 122 cm³/mol. The largest absolute Gasteiger partial charge is 0.393 e. The molecule has 0 radical (unpaired) electrons. The molecule has 2 spiro atoms. The van der Waals surface area contributed by atoms with Crippen molar-refractivity contribution in [1.29, 1.82) is 0 Å². The van der Waals surface area contributed by atoms with Gasteiger partial charge in [-0.15, -0.1) is 0 Å². The van der Waals surface area contributed by atoms with Crippen molar-refractivity contribution in [2.45, 2.75) is 111 Å². The van der Waals surface area contributed by atoms with Crippen LogP contribution in [0.15, 0.2) is 11.6 Å². The minimum absolute atomic E-state index is 0.172. The van der Waals surface area contributed by atoms with E-state index in [1.807, 2.05) is 0 Å². The van der Waals surface area contributed by atoms with Crippen molar-refractivity contribution in [2.75, 3.05) is 0 Å². The normalized spacial score (nSPS) is 52.5. The zero-order valence-corrected chi connectivity index (χ0v) is 20.1. The molecular formula is C28H44O2. The van der Waals surface area contributed by atoms with Gasteiger partial charge in [-0.2, -0.15) is 0 Å². The van der Waals surface area contributed by atoms with Crippen LogP contribution in [0.5, 0.6) is 0 Å². The molecular weight excluding hydrogens is 368 g/mol. The number of allylic oxidation sites excluding steroid dienone is 2. The van der Waals surface area contributed by atoms with Gasteiger partial charge < -0.3 is 5.11 Å². The first-order chi connectivity index (χ1) is 14.1. The van der Waals surface area contributed by atoms with Crippen LogP contribution in [0.3, 0.4) is 0 Å². The monoisotopic (exact) mass is 412 g/mol. The zero-order valence-electron chi connectivity index (χ0n) is 20.1. The number of Topliss-reactive ketones (excluding diaryl/α,β-unsaturated/α-hetero) is 1. The molecule has 0 aliphatic heterocycles. The molecule has 9 atom stereocenters. The second-order valence-corrected chi connectivity index (χ2v) is 13.0. The average Bonchev–Trinajstić information content (AvgIpc) is 3.25. The van der Waals surface area contributed by atoms with Gasteiger partial charge in [0.15, 0.2) is 0 Å². The van der Waals surface area contributed by atoms with E-state index in [0.717, 1.165) is 37.5 Å². The van der Waals surface area contributed by atoms with Crippen LogP contribution in [-0.2, 0) is 4.79 Å². The maximum atomic E-state index is 13.4. The quantitative estimate of drug-likeness (QED) is 0.521. The molecule has 0 saturated heterocycles. The van der Waals surface area contributed by atoms with Gasteiger partial charge in [0.1, 0.15) is 5.78 Å². The van der Waals surface area contributed by atoms with E-state index >= 15 is 0 Å². The third-order valence-electron chi connectivity index (χ3n) is 11.9. The Kier molecular flexibility index (Phi) is 4.73. The summed E-state index contributed by atoms with van der Waals surface area (Å²) in [5.41, 5.74) is 2.85. The number of hydrogen-bond acceptors (Lipinski definition) is 2. The van der Waals surface area contributed by atoms with Crippen LogP contribution in [0, 0.1) is 45.3 Å². The first-order valence-corrected chi connectivity index (χ1v) is 12.9. The Labute approximate surface area is 184 Å². The van der Waals surface area contributed by atoms with E-state index in [0.29, 0.717) is 27.9 Å². The number of aliphatic hydroxyl groups excluding tert-OH is 1. The molecule has 5 aliphatic carbocycles. The van der Waals surface area contributed by atoms with Gasteiger partial charge >= 0.3 is 0 Å². The van der Waals surface area contributed by atoms with E-state index in [2.05, 4.69) is 40.7 Å². The summed E-state index contributed by atoms with van der Waals surface area (Å²) in [6.07, 6.45) is 15.0. The summed E-state index contributed by atoms with van der Waals surface area (Å²) >= 11 is 0. The minimum atomic E-state index is -0.235. The molecule has 5 fully saturated rings. The molecule has 168 valence electrons. The van der Waals surface area contributed by atoms with Crippen LogP contribution in [0.25, 0.3) is 0 Å². The molecule has 0 bridgehead atoms. The molecule has 5 saturated carbocycles. The Balaban J connectivity index is 1.42. The van der Waals surface area contributed by atoms with Crippen molar-refractivity contribution in [3.05, 3.63) is 11.6 Å². The fourth-order valence-electron chi connectivity index (χ4n) is 10.1. The first kappa shape index (κ1) is 21.2. The van der Waals surface area contributed by atoms with Crippen LogP contribution in [-0.4, -0.2) is 17.0 Å². The molecule has 0 amide bonds. The summed E-state index contributed by atoms with van der Waals surface area (Å²) in [7, 11) is 0. The number of hydrogen-bond donors (Lipinski definition) is 1. The Hall–Kier alpha value is -0.630. The van der Waals surface area contributed by atoms with E-state index in [-0.39, 0.29) is 17.4 Å². The molecule has 2 heteroatoms. The zero-order chi connectivity index (χ0) is 21.5. The predicted octanol–water partition coefficient (Wildman–Crippen LogP) is 6.71. The standard InChI is InChI=1S/C28H44O2/c1-18(2)7-6-8-19(3)21-10-11-26(5)24-16-23(30)22-15-20(29)9-12-27(22)17-28(24,27)14-13-25(21,26)4/h7,19-22,24,29H,6,8-17H2,1-5H3/t19-,20+,21-,22-,24+,25-,26+,27-,28+/m1/s1.